The van der Waals surface area contributed by atoms with Crippen molar-refractivity contribution in [2.45, 2.75) is 31.8 Å². The molecule has 9 heteroatoms. The van der Waals surface area contributed by atoms with Crippen molar-refractivity contribution >= 4 is 33.5 Å². The summed E-state index contributed by atoms with van der Waals surface area (Å²) in [4.78, 5) is 9.66. The molecule has 2 aliphatic heterocycles. The molecule has 140 valence electrons. The van der Waals surface area contributed by atoms with E-state index >= 15 is 0 Å². The maximum atomic E-state index is 12.0. The largest absolute Gasteiger partial charge is 0.493 e. The number of H-pyrrole nitrogens is 1. The lowest BCUT2D eigenvalue weighted by Gasteiger charge is -2.40. The highest BCUT2D eigenvalue weighted by Crippen LogP contribution is 2.42. The molecule has 2 N–H and O–H groups in total. The van der Waals surface area contributed by atoms with Crippen LogP contribution in [0.25, 0.3) is 11.0 Å². The van der Waals surface area contributed by atoms with E-state index in [9.17, 15) is 13.4 Å². The fourth-order valence-corrected chi connectivity index (χ4v) is 5.60. The Bertz CT molecular complexity index is 906. The fraction of sp³-hybridized carbons (Fsp3) is 0.588. The maximum Gasteiger partial charge on any atom is 0.493 e. The van der Waals surface area contributed by atoms with Crippen molar-refractivity contribution in [3.8, 4) is 0 Å². The average Bonchev–Trinajstić information content (AvgIpc) is 3.18. The van der Waals surface area contributed by atoms with Gasteiger partial charge in [0.05, 0.1) is 11.4 Å². The number of aromatic nitrogens is 2. The summed E-state index contributed by atoms with van der Waals surface area (Å²) in [6, 6.07) is 1.98. The normalized spacial score (nSPS) is 20.2. The highest BCUT2D eigenvalue weighted by Gasteiger charge is 2.49. The molecule has 0 aromatic carbocycles. The molecule has 7 nitrogen and oxygen atoms in total. The molecule has 0 amide bonds. The van der Waals surface area contributed by atoms with Gasteiger partial charge in [0.1, 0.15) is 5.65 Å². The summed E-state index contributed by atoms with van der Waals surface area (Å²) in [5.41, 5.74) is 2.07. The van der Waals surface area contributed by atoms with Gasteiger partial charge in [-0.05, 0) is 30.9 Å². The molecule has 2 aromatic heterocycles. The van der Waals surface area contributed by atoms with Crippen molar-refractivity contribution in [3.63, 3.8) is 0 Å². The van der Waals surface area contributed by atoms with Crippen LogP contribution in [0, 0.1) is 0 Å². The molecule has 4 rings (SSSR count). The van der Waals surface area contributed by atoms with Crippen molar-refractivity contribution in [2.75, 3.05) is 31.1 Å². The molecule has 1 spiro atoms. The number of likely N-dealkylation sites (tertiary alicyclic amines) is 1. The minimum absolute atomic E-state index is 0.208. The fourth-order valence-electron chi connectivity index (χ4n) is 4.24. The number of fused-ring (bicyclic) bond motifs is 4. The van der Waals surface area contributed by atoms with Gasteiger partial charge in [-0.15, -0.1) is 0 Å². The zero-order valence-electron chi connectivity index (χ0n) is 14.9. The number of rotatable bonds is 5. The molecule has 0 atom stereocenters. The summed E-state index contributed by atoms with van der Waals surface area (Å²) in [6.07, 6.45) is 5.67. The van der Waals surface area contributed by atoms with Gasteiger partial charge in [0.15, 0.2) is 9.84 Å². The van der Waals surface area contributed by atoms with Crippen molar-refractivity contribution in [2.24, 2.45) is 0 Å². The van der Waals surface area contributed by atoms with E-state index in [1.165, 1.54) is 0 Å². The van der Waals surface area contributed by atoms with E-state index in [0.717, 1.165) is 48.0 Å². The zero-order chi connectivity index (χ0) is 18.4. The van der Waals surface area contributed by atoms with Gasteiger partial charge in [0.25, 0.3) is 0 Å². The molecule has 26 heavy (non-hydrogen) atoms. The summed E-state index contributed by atoms with van der Waals surface area (Å²) in [5.74, 6) is 0.464. The number of pyridine rings is 1. The predicted octanol–water partition coefficient (Wildman–Crippen LogP) is 0.397. The smallest absolute Gasteiger partial charge is 0.423 e. The number of aromatic amines is 1. The Kier molecular flexibility index (Phi) is 4.59. The van der Waals surface area contributed by atoms with Gasteiger partial charge >= 0.3 is 7.12 Å². The van der Waals surface area contributed by atoms with Crippen LogP contribution in [0.15, 0.2) is 18.5 Å². The number of piperidine rings is 1. The summed E-state index contributed by atoms with van der Waals surface area (Å²) in [5, 5.41) is 11.4. The summed E-state index contributed by atoms with van der Waals surface area (Å²) >= 11 is 0. The molecule has 2 aliphatic rings. The lowest BCUT2D eigenvalue weighted by atomic mass is 9.76. The monoisotopic (exact) mass is 377 g/mol. The topological polar surface area (TPSA) is 95.5 Å². The molecule has 1 saturated heterocycles. The maximum absolute atomic E-state index is 12.0. The Morgan fingerprint density at radius 1 is 1.38 bits per heavy atom. The first-order valence-electron chi connectivity index (χ1n) is 9.19. The first kappa shape index (κ1) is 18.0. The lowest BCUT2D eigenvalue weighted by Crippen LogP contribution is -2.45. The first-order chi connectivity index (χ1) is 12.4. The van der Waals surface area contributed by atoms with E-state index in [1.807, 2.05) is 19.2 Å². The second-order valence-corrected chi connectivity index (χ2v) is 9.59. The first-order valence-corrected chi connectivity index (χ1v) is 11.0. The van der Waals surface area contributed by atoms with Crippen molar-refractivity contribution in [1.29, 1.82) is 0 Å². The lowest BCUT2D eigenvalue weighted by molar-refractivity contribution is -0.00306. The van der Waals surface area contributed by atoms with Gasteiger partial charge in [-0.3, -0.25) is 0 Å². The van der Waals surface area contributed by atoms with Gasteiger partial charge < -0.3 is 19.6 Å². The Hall–Kier alpha value is -1.42. The summed E-state index contributed by atoms with van der Waals surface area (Å²) in [7, 11) is -3.91. The zero-order valence-corrected chi connectivity index (χ0v) is 15.8. The number of hydrogen-bond acceptors (Lipinski definition) is 6. The second kappa shape index (κ2) is 6.63. The predicted molar refractivity (Wildman–Crippen MR) is 101 cm³/mol. The highest BCUT2D eigenvalue weighted by atomic mass is 32.2. The minimum Gasteiger partial charge on any atom is -0.423 e. The third-order valence-corrected chi connectivity index (χ3v) is 7.41. The van der Waals surface area contributed by atoms with E-state index < -0.39 is 22.6 Å². The van der Waals surface area contributed by atoms with Crippen LogP contribution in [0.5, 0.6) is 0 Å². The summed E-state index contributed by atoms with van der Waals surface area (Å²) < 4.78 is 29.9. The Morgan fingerprint density at radius 3 is 2.88 bits per heavy atom. The van der Waals surface area contributed by atoms with Crippen LogP contribution in [0.2, 0.25) is 0 Å². The Balaban J connectivity index is 1.51. The number of sulfone groups is 1. The van der Waals surface area contributed by atoms with E-state index in [4.69, 9.17) is 4.65 Å². The van der Waals surface area contributed by atoms with Crippen LogP contribution in [-0.4, -0.2) is 66.6 Å². The van der Waals surface area contributed by atoms with E-state index in [0.29, 0.717) is 13.0 Å². The summed E-state index contributed by atoms with van der Waals surface area (Å²) in [6.45, 7) is 3.95. The van der Waals surface area contributed by atoms with Crippen LogP contribution in [0.3, 0.4) is 0 Å². The second-order valence-electron chi connectivity index (χ2n) is 7.29. The van der Waals surface area contributed by atoms with Gasteiger partial charge in [-0.25, -0.2) is 13.4 Å². The molecule has 4 heterocycles. The van der Waals surface area contributed by atoms with Crippen LogP contribution >= 0.6 is 0 Å². The molecule has 0 aliphatic carbocycles. The number of nitrogens with zero attached hydrogens (tertiary/aromatic N) is 2. The van der Waals surface area contributed by atoms with Crippen LogP contribution in [0.1, 0.15) is 31.7 Å². The third kappa shape index (κ3) is 3.07. The highest BCUT2D eigenvalue weighted by molar-refractivity contribution is 7.91. The van der Waals surface area contributed by atoms with Crippen LogP contribution in [-0.2, 0) is 20.1 Å². The van der Waals surface area contributed by atoms with Crippen molar-refractivity contribution < 1.29 is 18.1 Å². The molecular weight excluding hydrogens is 353 g/mol. The number of hydrogen-bond donors (Lipinski definition) is 2. The molecule has 0 unspecified atom stereocenters. The molecule has 0 saturated carbocycles. The number of nitrogens with one attached hydrogen (secondary N) is 1. The standard InChI is InChI=1S/C17H24BN3O4S/c1-2-10-26(23,24)11-9-21-7-4-17(5-8-21)15-13-3-6-19-16(13)20-12-14(15)18(22)25-17/h3,6,12,22H,2,4-5,7-11H2,1H3,(H,19,20). The molecule has 0 radical (unpaired) electrons. The molecule has 2 aromatic rings. The minimum atomic E-state index is -2.96. The Labute approximate surface area is 153 Å². The SMILES string of the molecule is CCCS(=O)(=O)CCN1CCC2(CC1)OB(O)c1cnc3[nH]ccc3c12. The van der Waals surface area contributed by atoms with E-state index in [2.05, 4.69) is 14.9 Å². The molecule has 1 fully saturated rings. The van der Waals surface area contributed by atoms with Gasteiger partial charge in [0.2, 0.25) is 0 Å². The van der Waals surface area contributed by atoms with Crippen molar-refractivity contribution in [1.82, 2.24) is 14.9 Å². The van der Waals surface area contributed by atoms with Crippen molar-refractivity contribution in [3.05, 3.63) is 24.0 Å². The molecular formula is C17H24BN3O4S. The average molecular weight is 377 g/mol. The Morgan fingerprint density at radius 2 is 2.15 bits per heavy atom. The quantitative estimate of drug-likeness (QED) is 0.733. The van der Waals surface area contributed by atoms with Crippen LogP contribution < -0.4 is 5.46 Å². The van der Waals surface area contributed by atoms with Gasteiger partial charge in [0, 0.05) is 48.6 Å². The van der Waals surface area contributed by atoms with E-state index in [1.54, 1.807) is 6.20 Å². The van der Waals surface area contributed by atoms with Gasteiger partial charge in [-0.1, -0.05) is 6.92 Å². The van der Waals surface area contributed by atoms with Gasteiger partial charge in [-0.2, -0.15) is 0 Å². The van der Waals surface area contributed by atoms with E-state index in [-0.39, 0.29) is 11.5 Å². The third-order valence-electron chi connectivity index (χ3n) is 5.57. The molecule has 0 bridgehead atoms. The van der Waals surface area contributed by atoms with Crippen LogP contribution in [0.4, 0.5) is 0 Å².